The zero-order chi connectivity index (χ0) is 12.3. The third kappa shape index (κ3) is 2.20. The number of carbonyl (C=O) groups is 1. The van der Waals surface area contributed by atoms with Crippen LogP contribution in [-0.4, -0.2) is 26.0 Å². The van der Waals surface area contributed by atoms with Gasteiger partial charge in [0.15, 0.2) is 5.78 Å². The molecule has 3 nitrogen and oxygen atoms in total. The van der Waals surface area contributed by atoms with Crippen molar-refractivity contribution in [3.05, 3.63) is 29.8 Å². The minimum atomic E-state index is -0.216. The van der Waals surface area contributed by atoms with E-state index < -0.39 is 0 Å². The van der Waals surface area contributed by atoms with Crippen LogP contribution >= 0.6 is 0 Å². The maximum atomic E-state index is 12.6. The summed E-state index contributed by atoms with van der Waals surface area (Å²) in [5, 5.41) is 3.29. The zero-order valence-corrected chi connectivity index (χ0v) is 10.5. The average Bonchev–Trinajstić information content (AvgIpc) is 2.88. The highest BCUT2D eigenvalue weighted by Crippen LogP contribution is 2.34. The molecular weight excluding hydrogens is 214 g/mol. The summed E-state index contributed by atoms with van der Waals surface area (Å²) in [6.45, 7) is 3.81. The van der Waals surface area contributed by atoms with E-state index in [0.717, 1.165) is 37.2 Å². The van der Waals surface area contributed by atoms with E-state index in [1.165, 1.54) is 0 Å². The van der Waals surface area contributed by atoms with E-state index in [0.29, 0.717) is 0 Å². The van der Waals surface area contributed by atoms with Crippen molar-refractivity contribution in [3.63, 3.8) is 0 Å². The molecule has 1 unspecified atom stereocenters. The molecule has 0 aromatic heterocycles. The number of ketones is 1. The normalized spacial score (nSPS) is 23.6. The molecule has 3 heteroatoms. The van der Waals surface area contributed by atoms with Gasteiger partial charge in [-0.1, -0.05) is 19.1 Å². The molecule has 0 radical (unpaired) electrons. The number of nitrogens with one attached hydrogen (secondary N) is 1. The number of benzene rings is 1. The largest absolute Gasteiger partial charge is 0.497 e. The van der Waals surface area contributed by atoms with Crippen molar-refractivity contribution in [2.45, 2.75) is 19.8 Å². The van der Waals surface area contributed by atoms with Gasteiger partial charge >= 0.3 is 0 Å². The summed E-state index contributed by atoms with van der Waals surface area (Å²) < 4.78 is 5.17. The summed E-state index contributed by atoms with van der Waals surface area (Å²) in [5.74, 6) is 0.983. The minimum absolute atomic E-state index is 0.216. The van der Waals surface area contributed by atoms with E-state index in [9.17, 15) is 4.79 Å². The predicted molar refractivity (Wildman–Crippen MR) is 67.5 cm³/mol. The highest BCUT2D eigenvalue weighted by atomic mass is 16.5. The molecule has 0 bridgehead atoms. The topological polar surface area (TPSA) is 38.3 Å². The number of Topliss-reactive ketones (excluding diaryl/α,β-unsaturated/α-hetero) is 1. The van der Waals surface area contributed by atoms with E-state index >= 15 is 0 Å². The van der Waals surface area contributed by atoms with Gasteiger partial charge in [-0.15, -0.1) is 0 Å². The van der Waals surface area contributed by atoms with Crippen molar-refractivity contribution in [1.82, 2.24) is 5.32 Å². The second kappa shape index (κ2) is 4.88. The van der Waals surface area contributed by atoms with Gasteiger partial charge in [-0.05, 0) is 31.5 Å². The predicted octanol–water partition coefficient (Wildman–Crippen LogP) is 2.27. The van der Waals surface area contributed by atoms with Crippen molar-refractivity contribution in [1.29, 1.82) is 0 Å². The molecule has 0 spiro atoms. The van der Waals surface area contributed by atoms with Gasteiger partial charge in [0.2, 0.25) is 0 Å². The van der Waals surface area contributed by atoms with E-state index in [-0.39, 0.29) is 11.2 Å². The van der Waals surface area contributed by atoms with Crippen LogP contribution in [0.3, 0.4) is 0 Å². The lowest BCUT2D eigenvalue weighted by Gasteiger charge is -2.25. The first-order valence-electron chi connectivity index (χ1n) is 6.11. The van der Waals surface area contributed by atoms with Crippen LogP contribution in [-0.2, 0) is 0 Å². The standard InChI is InChI=1S/C14H19NO2/c1-3-14(7-8-15-10-14)13(16)11-5-4-6-12(9-11)17-2/h4-6,9,15H,3,7-8,10H2,1-2H3. The van der Waals surface area contributed by atoms with Gasteiger partial charge in [0.05, 0.1) is 7.11 Å². The molecule has 0 amide bonds. The van der Waals surface area contributed by atoms with Gasteiger partial charge in [-0.3, -0.25) is 4.79 Å². The Balaban J connectivity index is 2.29. The van der Waals surface area contributed by atoms with E-state index in [2.05, 4.69) is 12.2 Å². The number of ether oxygens (including phenoxy) is 1. The molecule has 0 saturated carbocycles. The molecule has 1 N–H and O–H groups in total. The van der Waals surface area contributed by atoms with Crippen LogP contribution in [0.4, 0.5) is 0 Å². The Labute approximate surface area is 102 Å². The highest BCUT2D eigenvalue weighted by molar-refractivity contribution is 6.01. The summed E-state index contributed by atoms with van der Waals surface area (Å²) >= 11 is 0. The maximum absolute atomic E-state index is 12.6. The van der Waals surface area contributed by atoms with Crippen LogP contribution < -0.4 is 10.1 Å². The van der Waals surface area contributed by atoms with E-state index in [1.807, 2.05) is 24.3 Å². The molecule has 1 atom stereocenters. The third-order valence-corrected chi connectivity index (χ3v) is 3.73. The molecule has 92 valence electrons. The maximum Gasteiger partial charge on any atom is 0.170 e. The molecule has 1 heterocycles. The minimum Gasteiger partial charge on any atom is -0.497 e. The quantitative estimate of drug-likeness (QED) is 0.811. The molecule has 1 fully saturated rings. The summed E-state index contributed by atoms with van der Waals surface area (Å²) in [5.41, 5.74) is 0.543. The zero-order valence-electron chi connectivity index (χ0n) is 10.5. The van der Waals surface area contributed by atoms with Crippen LogP contribution in [0, 0.1) is 5.41 Å². The summed E-state index contributed by atoms with van der Waals surface area (Å²) in [4.78, 5) is 12.6. The fourth-order valence-electron chi connectivity index (χ4n) is 2.47. The fourth-order valence-corrected chi connectivity index (χ4v) is 2.47. The smallest absolute Gasteiger partial charge is 0.170 e. The first kappa shape index (κ1) is 12.1. The van der Waals surface area contributed by atoms with Crippen LogP contribution in [0.5, 0.6) is 5.75 Å². The first-order chi connectivity index (χ1) is 8.22. The monoisotopic (exact) mass is 233 g/mol. The van der Waals surface area contributed by atoms with Gasteiger partial charge in [0.1, 0.15) is 5.75 Å². The first-order valence-corrected chi connectivity index (χ1v) is 6.11. The molecule has 1 saturated heterocycles. The van der Waals surface area contributed by atoms with Gasteiger partial charge in [-0.25, -0.2) is 0 Å². The molecule has 17 heavy (non-hydrogen) atoms. The van der Waals surface area contributed by atoms with Gasteiger partial charge in [0.25, 0.3) is 0 Å². The van der Waals surface area contributed by atoms with Crippen LogP contribution in [0.25, 0.3) is 0 Å². The number of hydrogen-bond acceptors (Lipinski definition) is 3. The Hall–Kier alpha value is -1.35. The summed E-state index contributed by atoms with van der Waals surface area (Å²) in [6, 6.07) is 7.44. The van der Waals surface area contributed by atoms with E-state index in [1.54, 1.807) is 7.11 Å². The Morgan fingerprint density at radius 1 is 1.53 bits per heavy atom. The molecule has 1 aliphatic rings. The molecular formula is C14H19NO2. The second-order valence-corrected chi connectivity index (χ2v) is 4.62. The summed E-state index contributed by atoms with van der Waals surface area (Å²) in [6.07, 6.45) is 1.82. The van der Waals surface area contributed by atoms with E-state index in [4.69, 9.17) is 4.74 Å². The molecule has 0 aliphatic carbocycles. The summed E-state index contributed by atoms with van der Waals surface area (Å²) in [7, 11) is 1.62. The van der Waals surface area contributed by atoms with Crippen LogP contribution in [0.1, 0.15) is 30.1 Å². The highest BCUT2D eigenvalue weighted by Gasteiger charge is 2.39. The Morgan fingerprint density at radius 3 is 2.94 bits per heavy atom. The number of carbonyl (C=O) groups excluding carboxylic acids is 1. The second-order valence-electron chi connectivity index (χ2n) is 4.62. The molecule has 1 aromatic carbocycles. The number of hydrogen-bond donors (Lipinski definition) is 1. The van der Waals surface area contributed by atoms with Crippen molar-refractivity contribution in [2.75, 3.05) is 20.2 Å². The molecule has 1 aliphatic heterocycles. The Kier molecular flexibility index (Phi) is 3.48. The van der Waals surface area contributed by atoms with Crippen LogP contribution in [0.2, 0.25) is 0 Å². The molecule has 1 aromatic rings. The van der Waals surface area contributed by atoms with Crippen molar-refractivity contribution < 1.29 is 9.53 Å². The average molecular weight is 233 g/mol. The lowest BCUT2D eigenvalue weighted by Crippen LogP contribution is -2.32. The van der Waals surface area contributed by atoms with Gasteiger partial charge in [-0.2, -0.15) is 0 Å². The van der Waals surface area contributed by atoms with Crippen LogP contribution in [0.15, 0.2) is 24.3 Å². The third-order valence-electron chi connectivity index (χ3n) is 3.73. The Morgan fingerprint density at radius 2 is 2.35 bits per heavy atom. The lowest BCUT2D eigenvalue weighted by molar-refractivity contribution is 0.0810. The van der Waals surface area contributed by atoms with Gasteiger partial charge in [0, 0.05) is 17.5 Å². The number of rotatable bonds is 4. The van der Waals surface area contributed by atoms with Crippen molar-refractivity contribution in [3.8, 4) is 5.75 Å². The van der Waals surface area contributed by atoms with Gasteiger partial charge < -0.3 is 10.1 Å². The fraction of sp³-hybridized carbons (Fsp3) is 0.500. The molecule has 2 rings (SSSR count). The SMILES string of the molecule is CCC1(C(=O)c2cccc(OC)c2)CCNC1. The lowest BCUT2D eigenvalue weighted by atomic mass is 9.77. The van der Waals surface area contributed by atoms with Crippen molar-refractivity contribution >= 4 is 5.78 Å². The number of methoxy groups -OCH3 is 1. The Bertz CT molecular complexity index is 408. The van der Waals surface area contributed by atoms with Crippen molar-refractivity contribution in [2.24, 2.45) is 5.41 Å².